The summed E-state index contributed by atoms with van der Waals surface area (Å²) in [4.78, 5) is 16.3. The van der Waals surface area contributed by atoms with Crippen LogP contribution in [0.5, 0.6) is 5.75 Å². The summed E-state index contributed by atoms with van der Waals surface area (Å²) in [6.07, 6.45) is 5.48. The molecule has 3 heterocycles. The van der Waals surface area contributed by atoms with Crippen molar-refractivity contribution in [3.8, 4) is 39.4 Å². The summed E-state index contributed by atoms with van der Waals surface area (Å²) < 4.78 is 0. The third-order valence-corrected chi connectivity index (χ3v) is 8.77. The molecule has 7 aromatic rings. The fourth-order valence-corrected chi connectivity index (χ4v) is 6.30. The Balaban J connectivity index is 0.00000417. The molecule has 0 aliphatic heterocycles. The molecule has 5 nitrogen and oxygen atoms in total. The second-order valence-corrected chi connectivity index (χ2v) is 12.0. The quantitative estimate of drug-likeness (QED) is 0.155. The van der Waals surface area contributed by atoms with Crippen molar-refractivity contribution in [2.45, 2.75) is 26.7 Å². The zero-order valence-corrected chi connectivity index (χ0v) is 29.8. The summed E-state index contributed by atoms with van der Waals surface area (Å²) in [6, 6.07) is 46.3. The molecule has 1 N–H and O–H groups in total. The summed E-state index contributed by atoms with van der Waals surface area (Å²) in [5, 5.41) is 10.9. The normalized spacial score (nSPS) is 11.4. The van der Waals surface area contributed by atoms with E-state index in [0.29, 0.717) is 11.3 Å². The van der Waals surface area contributed by atoms with Crippen molar-refractivity contribution >= 4 is 17.2 Å². The number of aryl methyl sites for hydroxylation is 2. The Kier molecular flexibility index (Phi) is 10.1. The maximum absolute atomic E-state index is 10.9. The van der Waals surface area contributed by atoms with Crippen LogP contribution in [0.2, 0.25) is 0 Å². The SMILES string of the molecule is Cc1cccc(C)c1-c1cc(-c2[c-]c(N(c3ccccc3)c3ccccn3)cc(C(C)c3ccncc3)c2)nc(-c2ccccc2O)c1.[Pt]. The number of hydrogen-bond acceptors (Lipinski definition) is 5. The maximum Gasteiger partial charge on any atom is 0.136 e. The van der Waals surface area contributed by atoms with Crippen LogP contribution in [0.1, 0.15) is 35.1 Å². The van der Waals surface area contributed by atoms with E-state index in [-0.39, 0.29) is 32.7 Å². The Morgan fingerprint density at radius 2 is 1.37 bits per heavy atom. The van der Waals surface area contributed by atoms with Crippen molar-refractivity contribution < 1.29 is 26.2 Å². The summed E-state index contributed by atoms with van der Waals surface area (Å²) >= 11 is 0. The van der Waals surface area contributed by atoms with Crippen LogP contribution >= 0.6 is 0 Å². The third-order valence-electron chi connectivity index (χ3n) is 8.77. The van der Waals surface area contributed by atoms with Crippen LogP contribution in [0.4, 0.5) is 17.2 Å². The Morgan fingerprint density at radius 1 is 0.673 bits per heavy atom. The number of para-hydroxylation sites is 2. The first-order valence-corrected chi connectivity index (χ1v) is 16.1. The van der Waals surface area contributed by atoms with Crippen LogP contribution in [0, 0.1) is 19.9 Å². The summed E-state index contributed by atoms with van der Waals surface area (Å²) in [5.41, 5.74) is 11.6. The van der Waals surface area contributed by atoms with Crippen molar-refractivity contribution in [3.05, 3.63) is 174 Å². The van der Waals surface area contributed by atoms with Crippen LogP contribution in [0.25, 0.3) is 33.6 Å². The van der Waals surface area contributed by atoms with Gasteiger partial charge in [0, 0.05) is 50.9 Å². The van der Waals surface area contributed by atoms with Gasteiger partial charge in [-0.2, -0.15) is 0 Å². The van der Waals surface area contributed by atoms with Gasteiger partial charge < -0.3 is 10.0 Å². The molecule has 7 rings (SSSR count). The smallest absolute Gasteiger partial charge is 0.136 e. The predicted octanol–water partition coefficient (Wildman–Crippen LogP) is 10.6. The number of aromatic nitrogens is 3. The van der Waals surface area contributed by atoms with Gasteiger partial charge >= 0.3 is 0 Å². The van der Waals surface area contributed by atoms with Crippen LogP contribution in [-0.4, -0.2) is 20.1 Å². The number of aromatic hydroxyl groups is 1. The molecule has 0 bridgehead atoms. The van der Waals surface area contributed by atoms with E-state index < -0.39 is 0 Å². The summed E-state index contributed by atoms with van der Waals surface area (Å²) in [5.74, 6) is 1.03. The largest absolute Gasteiger partial charge is 0.507 e. The van der Waals surface area contributed by atoms with Crippen molar-refractivity contribution in [2.75, 3.05) is 4.90 Å². The zero-order chi connectivity index (χ0) is 33.0. The first kappa shape index (κ1) is 33.5. The third kappa shape index (κ3) is 7.09. The molecule has 49 heavy (non-hydrogen) atoms. The minimum absolute atomic E-state index is 0. The van der Waals surface area contributed by atoms with Crippen LogP contribution < -0.4 is 4.90 Å². The Morgan fingerprint density at radius 3 is 2.08 bits per heavy atom. The standard InChI is InChI=1S/C43H35N4O.Pt/c1-29-12-11-13-30(2)43(29)35-27-39(46-40(28-35)38-16-7-8-17-41(38)48)34-24-33(31(3)32-19-22-44-23-20-32)25-37(26-34)47(36-14-5-4-6-15-36)42-18-9-10-21-45-42;/h4-25,27-28,31,48H,1-3H3;/q-1;. The number of phenolic OH excluding ortho intramolecular Hbond substituents is 1. The molecule has 0 fully saturated rings. The molecule has 1 atom stereocenters. The predicted molar refractivity (Wildman–Crippen MR) is 195 cm³/mol. The molecule has 0 radical (unpaired) electrons. The van der Waals surface area contributed by atoms with E-state index in [9.17, 15) is 5.11 Å². The van der Waals surface area contributed by atoms with Gasteiger partial charge in [-0.1, -0.05) is 67.6 Å². The molecule has 1 unspecified atom stereocenters. The number of nitrogens with zero attached hydrogens (tertiary/aromatic N) is 4. The fourth-order valence-electron chi connectivity index (χ4n) is 6.30. The second-order valence-electron chi connectivity index (χ2n) is 12.0. The van der Waals surface area contributed by atoms with Gasteiger partial charge in [0.15, 0.2) is 0 Å². The van der Waals surface area contributed by atoms with E-state index in [1.54, 1.807) is 6.07 Å². The Hall–Kier alpha value is -5.38. The zero-order valence-electron chi connectivity index (χ0n) is 27.5. The molecule has 4 aromatic carbocycles. The van der Waals surface area contributed by atoms with E-state index in [2.05, 4.69) is 103 Å². The monoisotopic (exact) mass is 818 g/mol. The van der Waals surface area contributed by atoms with Gasteiger partial charge in [-0.15, -0.1) is 29.3 Å². The maximum atomic E-state index is 10.9. The summed E-state index contributed by atoms with van der Waals surface area (Å²) in [6.45, 7) is 6.47. The molecule has 0 saturated heterocycles. The van der Waals surface area contributed by atoms with Crippen LogP contribution in [-0.2, 0) is 21.1 Å². The summed E-state index contributed by atoms with van der Waals surface area (Å²) in [7, 11) is 0. The van der Waals surface area contributed by atoms with Crippen molar-refractivity contribution in [1.82, 2.24) is 15.0 Å². The second kappa shape index (κ2) is 14.8. The molecule has 0 spiro atoms. The number of phenols is 1. The molecular weight excluding hydrogens is 784 g/mol. The van der Waals surface area contributed by atoms with Gasteiger partial charge in [0.25, 0.3) is 0 Å². The van der Waals surface area contributed by atoms with E-state index >= 15 is 0 Å². The molecule has 0 amide bonds. The average molecular weight is 819 g/mol. The first-order valence-electron chi connectivity index (χ1n) is 16.1. The van der Waals surface area contributed by atoms with Gasteiger partial charge in [0.1, 0.15) is 11.6 Å². The van der Waals surface area contributed by atoms with Gasteiger partial charge in [-0.25, -0.2) is 4.98 Å². The Bertz CT molecular complexity index is 2130. The van der Waals surface area contributed by atoms with Crippen LogP contribution in [0.15, 0.2) is 146 Å². The first-order chi connectivity index (χ1) is 23.5. The number of anilines is 3. The van der Waals surface area contributed by atoms with Gasteiger partial charge in [0.2, 0.25) is 0 Å². The number of benzene rings is 4. The minimum atomic E-state index is 0. The number of pyridine rings is 3. The van der Waals surface area contributed by atoms with E-state index in [4.69, 9.17) is 9.97 Å². The molecule has 244 valence electrons. The molecule has 3 aromatic heterocycles. The van der Waals surface area contributed by atoms with Crippen LogP contribution in [0.3, 0.4) is 0 Å². The van der Waals surface area contributed by atoms with E-state index in [1.807, 2.05) is 73.2 Å². The minimum Gasteiger partial charge on any atom is -0.507 e. The number of hydrogen-bond donors (Lipinski definition) is 1. The van der Waals surface area contributed by atoms with E-state index in [0.717, 1.165) is 50.7 Å². The number of rotatable bonds is 8. The van der Waals surface area contributed by atoms with Gasteiger partial charge in [0.05, 0.1) is 5.69 Å². The fraction of sp³-hybridized carbons (Fsp3) is 0.0930. The molecular formula is C43H35N4OPt-. The van der Waals surface area contributed by atoms with Gasteiger partial charge in [-0.3, -0.25) is 9.97 Å². The molecule has 0 saturated carbocycles. The van der Waals surface area contributed by atoms with E-state index in [1.165, 1.54) is 11.1 Å². The average Bonchev–Trinajstić information content (AvgIpc) is 3.12. The van der Waals surface area contributed by atoms with Crippen molar-refractivity contribution in [3.63, 3.8) is 0 Å². The molecule has 0 aliphatic carbocycles. The topological polar surface area (TPSA) is 62.1 Å². The van der Waals surface area contributed by atoms with Crippen molar-refractivity contribution in [1.29, 1.82) is 0 Å². The Labute approximate surface area is 302 Å². The molecule has 6 heteroatoms. The van der Waals surface area contributed by atoms with Gasteiger partial charge in [-0.05, 0) is 114 Å². The molecule has 0 aliphatic rings. The van der Waals surface area contributed by atoms with Crippen molar-refractivity contribution in [2.24, 2.45) is 0 Å².